The van der Waals surface area contributed by atoms with E-state index in [4.69, 9.17) is 21.0 Å². The number of fused-ring (bicyclic) bond motifs is 1. The molecule has 15 heteroatoms. The van der Waals surface area contributed by atoms with Crippen molar-refractivity contribution in [3.8, 4) is 5.75 Å². The maximum Gasteiger partial charge on any atom is 0.530 e. The summed E-state index contributed by atoms with van der Waals surface area (Å²) >= 11 is 4.60. The van der Waals surface area contributed by atoms with Crippen molar-refractivity contribution < 1.29 is 49.0 Å². The Kier molecular flexibility index (Phi) is 6.81. The van der Waals surface area contributed by atoms with Gasteiger partial charge in [0.2, 0.25) is 0 Å². The Bertz CT molecular complexity index is 1560. The number of benzene rings is 1. The normalized spacial score (nSPS) is 30.4. The summed E-state index contributed by atoms with van der Waals surface area (Å²) in [5.41, 5.74) is -1.92. The lowest BCUT2D eigenvalue weighted by Gasteiger charge is -2.34. The maximum atomic E-state index is 16.1. The number of hydrogen-bond acceptors (Lipinski definition) is 9. The maximum absolute atomic E-state index is 16.1. The third kappa shape index (κ3) is 5.48. The number of aliphatic hydroxyl groups excluding tert-OH is 2. The third-order valence-electron chi connectivity index (χ3n) is 6.28. The van der Waals surface area contributed by atoms with Crippen molar-refractivity contribution in [3.05, 3.63) is 55.7 Å². The van der Waals surface area contributed by atoms with Crippen LogP contribution in [-0.2, 0) is 35.8 Å². The lowest BCUT2D eigenvalue weighted by molar-refractivity contribution is -0.205. The third-order valence-corrected chi connectivity index (χ3v) is 7.74. The zero-order valence-corrected chi connectivity index (χ0v) is 23.6. The largest absolute Gasteiger partial charge is 0.530 e. The molecule has 1 aromatic heterocycles. The monoisotopic (exact) mass is 596 g/mol. The fraction of sp³-hybridized carbons (Fsp3) is 0.583. The van der Waals surface area contributed by atoms with Gasteiger partial charge in [-0.1, -0.05) is 53.8 Å². The van der Waals surface area contributed by atoms with Gasteiger partial charge in [0, 0.05) is 5.56 Å². The second-order valence-electron chi connectivity index (χ2n) is 11.3. The average Bonchev–Trinajstić information content (AvgIpc) is 3.04. The minimum absolute atomic E-state index is 0.108. The molecule has 216 valence electrons. The van der Waals surface area contributed by atoms with E-state index in [0.29, 0.717) is 21.9 Å². The van der Waals surface area contributed by atoms with E-state index in [1.54, 1.807) is 41.5 Å². The summed E-state index contributed by atoms with van der Waals surface area (Å²) in [6, 6.07) is 1.53. The van der Waals surface area contributed by atoms with Crippen molar-refractivity contribution >= 4 is 20.0 Å². The summed E-state index contributed by atoms with van der Waals surface area (Å²) in [5.74, 6) is -6.10. The fourth-order valence-corrected chi connectivity index (χ4v) is 5.36. The first kappa shape index (κ1) is 27.1. The minimum Gasteiger partial charge on any atom is -0.403 e. The molecule has 1 aromatic carbocycles. The number of rotatable bonds is 4. The number of nitrogens with zero attached hydrogens (tertiary/aromatic N) is 1. The van der Waals surface area contributed by atoms with Crippen LogP contribution in [0.15, 0.2) is 17.1 Å². The Morgan fingerprint density at radius 1 is 1.26 bits per heavy atom. The number of hydrogen-bond donors (Lipinski definition) is 3. The number of H-pyrrole nitrogens is 1. The first-order chi connectivity index (χ1) is 18.5. The van der Waals surface area contributed by atoms with Crippen LogP contribution in [-0.4, -0.2) is 44.4 Å². The molecule has 0 bridgehead atoms. The van der Waals surface area contributed by atoms with Gasteiger partial charge >= 0.3 is 13.5 Å². The van der Waals surface area contributed by atoms with Gasteiger partial charge in [0.1, 0.15) is 35.0 Å². The lowest BCUT2D eigenvalue weighted by Crippen LogP contribution is -2.43. The van der Waals surface area contributed by atoms with Crippen molar-refractivity contribution in [2.45, 2.75) is 83.3 Å². The number of halogens is 3. The summed E-state index contributed by atoms with van der Waals surface area (Å²) in [7, 11) is -5.10. The Morgan fingerprint density at radius 3 is 2.46 bits per heavy atom. The van der Waals surface area contributed by atoms with Crippen LogP contribution in [0, 0.1) is 16.3 Å². The quantitative estimate of drug-likeness (QED) is 0.347. The van der Waals surface area contributed by atoms with Crippen LogP contribution < -0.4 is 10.2 Å². The molecule has 2 aromatic rings. The van der Waals surface area contributed by atoms with Crippen LogP contribution in [0.3, 0.4) is 0 Å². The highest BCUT2D eigenvalue weighted by molar-refractivity contribution is 7.71. The van der Waals surface area contributed by atoms with Crippen LogP contribution in [0.2, 0.25) is 0 Å². The smallest absolute Gasteiger partial charge is 0.403 e. The van der Waals surface area contributed by atoms with E-state index in [-0.39, 0.29) is 11.3 Å². The van der Waals surface area contributed by atoms with E-state index >= 15 is 8.78 Å². The molecule has 1 unspecified atom stereocenters. The molecule has 3 N–H and O–H groups in total. The minimum atomic E-state index is -5.10. The Morgan fingerprint density at radius 2 is 1.87 bits per heavy atom. The van der Waals surface area contributed by atoms with Crippen molar-refractivity contribution in [2.75, 3.05) is 6.56 Å². The van der Waals surface area contributed by atoms with Gasteiger partial charge in [-0.3, -0.25) is 18.6 Å². The predicted octanol–water partition coefficient (Wildman–Crippen LogP) is 4.43. The molecule has 39 heavy (non-hydrogen) atoms. The van der Waals surface area contributed by atoms with E-state index in [1.165, 1.54) is 6.07 Å². The highest BCUT2D eigenvalue weighted by Gasteiger charge is 2.58. The predicted molar refractivity (Wildman–Crippen MR) is 135 cm³/mol. The number of phosphoric ester groups is 1. The highest BCUT2D eigenvalue weighted by Crippen LogP contribution is 2.58. The van der Waals surface area contributed by atoms with Gasteiger partial charge in [0.05, 0.1) is 21.1 Å². The molecule has 1 fully saturated rings. The number of alkyl halides is 1. The van der Waals surface area contributed by atoms with Crippen LogP contribution in [0.4, 0.5) is 13.2 Å². The molecule has 0 saturated carbocycles. The van der Waals surface area contributed by atoms with E-state index in [2.05, 4.69) is 12.2 Å². The number of aliphatic hydroxyl groups is 2. The van der Waals surface area contributed by atoms with Crippen LogP contribution in [0.5, 0.6) is 5.75 Å². The Balaban J connectivity index is 1.71. The molecule has 2 aliphatic rings. The summed E-state index contributed by atoms with van der Waals surface area (Å²) in [6.07, 6.45) is -6.80. The van der Waals surface area contributed by atoms with Gasteiger partial charge in [-0.2, -0.15) is 0 Å². The second kappa shape index (κ2) is 9.79. The van der Waals surface area contributed by atoms with Gasteiger partial charge in [0.25, 0.3) is 5.85 Å². The summed E-state index contributed by atoms with van der Waals surface area (Å²) in [5, 5.41) is 20.8. The zero-order chi connectivity index (χ0) is 31.1. The molecule has 10 nitrogen and oxygen atoms in total. The molecule has 0 radical (unpaired) electrons. The van der Waals surface area contributed by atoms with Gasteiger partial charge in [-0.15, -0.1) is 0 Å². The van der Waals surface area contributed by atoms with Gasteiger partial charge < -0.3 is 19.5 Å². The Labute approximate surface area is 230 Å². The second-order valence-corrected chi connectivity index (χ2v) is 13.3. The fourth-order valence-electron chi connectivity index (χ4n) is 4.13. The van der Waals surface area contributed by atoms with E-state index in [0.717, 1.165) is 0 Å². The molecular formula is C24H30F3N2O8PS. The Hall–Kier alpha value is -2.06. The molecule has 5 atom stereocenters. The summed E-state index contributed by atoms with van der Waals surface area (Å²) in [6.45, 7) is 6.11. The van der Waals surface area contributed by atoms with E-state index < -0.39 is 78.1 Å². The molecule has 0 amide bonds. The number of aromatic nitrogens is 2. The molecule has 1 saturated heterocycles. The molecule has 0 aliphatic carbocycles. The highest BCUT2D eigenvalue weighted by atomic mass is 32.1. The van der Waals surface area contributed by atoms with Crippen LogP contribution in [0.25, 0.3) is 0 Å². The summed E-state index contributed by atoms with van der Waals surface area (Å²) in [4.78, 5) is 14.2. The van der Waals surface area contributed by atoms with Crippen molar-refractivity contribution in [3.63, 3.8) is 0 Å². The van der Waals surface area contributed by atoms with E-state index in [1.807, 2.05) is 4.98 Å². The van der Waals surface area contributed by atoms with Crippen molar-refractivity contribution in [1.82, 2.24) is 9.55 Å². The van der Waals surface area contributed by atoms with E-state index in [9.17, 15) is 24.0 Å². The SMILES string of the molecule is [2H]C([2H])(OP1(=O)OCc2c(F)c(C(C)(C)C)cc(C(C)(C)C)c2O1)[C@@]1(F)O[C@@H](n2cc(F)c(=S)[nH]c2=O)[C@H](O)[C@@H]1O. The summed E-state index contributed by atoms with van der Waals surface area (Å²) < 4.78 is 95.5. The molecule has 3 heterocycles. The number of ether oxygens (including phenoxy) is 1. The van der Waals surface area contributed by atoms with Crippen LogP contribution in [0.1, 0.15) is 67.2 Å². The zero-order valence-electron chi connectivity index (χ0n) is 23.9. The van der Waals surface area contributed by atoms with Gasteiger partial charge in [-0.25, -0.2) is 22.5 Å². The number of phosphoric acid groups is 1. The lowest BCUT2D eigenvalue weighted by atomic mass is 9.78. The number of nitrogens with one attached hydrogen (secondary N) is 1. The topological polar surface area (TPSA) is 132 Å². The molecule has 0 spiro atoms. The first-order valence-electron chi connectivity index (χ1n) is 12.8. The molecule has 2 aliphatic heterocycles. The van der Waals surface area contributed by atoms with Gasteiger partial charge in [-0.05, 0) is 22.5 Å². The first-order valence-corrected chi connectivity index (χ1v) is 13.6. The van der Waals surface area contributed by atoms with Crippen molar-refractivity contribution in [2.24, 2.45) is 0 Å². The van der Waals surface area contributed by atoms with Crippen molar-refractivity contribution in [1.29, 1.82) is 0 Å². The number of aromatic amines is 1. The van der Waals surface area contributed by atoms with Crippen LogP contribution >= 0.6 is 20.0 Å². The molecular weight excluding hydrogens is 564 g/mol. The van der Waals surface area contributed by atoms with Gasteiger partial charge in [0.15, 0.2) is 12.0 Å². The molecule has 4 rings (SSSR count). The average molecular weight is 597 g/mol. The standard InChI is InChI=1S/C24H30F3N2O8PS/c1-22(2,3)12-7-13(23(4,5)6)17-11(15(12)26)9-34-38(33,37-17)35-10-24(27)18(31)16(30)20(36-24)29-8-14(25)19(39)28-21(29)32/h7-8,16,18,20,30-31H,9-10H2,1-6H3,(H,28,32,39)/t16-,18+,20-,24-,38?/m1/s1/i10D2.